The van der Waals surface area contributed by atoms with E-state index in [2.05, 4.69) is 37.2 Å². The molecule has 2 heterocycles. The van der Waals surface area contributed by atoms with Crippen LogP contribution in [0.1, 0.15) is 91.0 Å². The number of nitrogens with one attached hydrogen (secondary N) is 7. The minimum atomic E-state index is -1.18. The first-order valence-corrected chi connectivity index (χ1v) is 20.6. The van der Waals surface area contributed by atoms with Gasteiger partial charge in [0.15, 0.2) is 0 Å². The number of nitrogens with two attached hydrogens (primary N) is 1. The summed E-state index contributed by atoms with van der Waals surface area (Å²) >= 11 is 0. The van der Waals surface area contributed by atoms with E-state index in [9.17, 15) is 38.7 Å². The third-order valence-electron chi connectivity index (χ3n) is 10.7. The molecule has 2 aliphatic heterocycles. The van der Waals surface area contributed by atoms with Crippen molar-refractivity contribution >= 4 is 41.5 Å². The highest BCUT2D eigenvalue weighted by molar-refractivity contribution is 5.85. The van der Waals surface area contributed by atoms with Gasteiger partial charge in [0.2, 0.25) is 29.5 Å². The molecule has 0 bridgehead atoms. The van der Waals surface area contributed by atoms with Crippen molar-refractivity contribution in [3.05, 3.63) is 35.9 Å². The largest absolute Gasteiger partial charge is 0.481 e. The number of piperidine rings is 2. The lowest BCUT2D eigenvalue weighted by atomic mass is 9.90. The maximum absolute atomic E-state index is 13.9. The Hall–Kier alpha value is -4.61. The second-order valence-corrected chi connectivity index (χ2v) is 16.6. The van der Waals surface area contributed by atoms with Crippen LogP contribution in [0, 0.1) is 23.7 Å². The summed E-state index contributed by atoms with van der Waals surface area (Å²) in [5.41, 5.74) is 7.07. The fraction of sp³-hybridized carbons (Fsp3) is 0.683. The number of rotatable bonds is 23. The summed E-state index contributed by atoms with van der Waals surface area (Å²) in [5, 5.41) is 39.5. The minimum Gasteiger partial charge on any atom is -0.481 e. The number of carboxylic acids is 2. The molecule has 1 aromatic carbocycles. The van der Waals surface area contributed by atoms with Crippen LogP contribution in [0.5, 0.6) is 0 Å². The summed E-state index contributed by atoms with van der Waals surface area (Å²) in [6.45, 7) is 9.92. The number of aliphatic carboxylic acids is 2. The molecule has 0 aliphatic carbocycles. The van der Waals surface area contributed by atoms with E-state index in [0.717, 1.165) is 12.1 Å². The summed E-state index contributed by atoms with van der Waals surface area (Å²) in [4.78, 5) is 89.7. The third-order valence-corrected chi connectivity index (χ3v) is 10.7. The Kier molecular flexibility index (Phi) is 20.0. The van der Waals surface area contributed by atoms with Gasteiger partial charge in [-0.1, -0.05) is 58.0 Å². The lowest BCUT2D eigenvalue weighted by molar-refractivity contribution is -0.140. The third kappa shape index (κ3) is 17.5. The van der Waals surface area contributed by atoms with Gasteiger partial charge in [-0.15, -0.1) is 0 Å². The zero-order valence-electron chi connectivity index (χ0n) is 34.4. The molecule has 11 N–H and O–H groups in total. The molecule has 0 unspecified atom stereocenters. The van der Waals surface area contributed by atoms with E-state index in [4.69, 9.17) is 10.8 Å². The van der Waals surface area contributed by atoms with Crippen LogP contribution in [0.3, 0.4) is 0 Å². The van der Waals surface area contributed by atoms with Crippen molar-refractivity contribution in [2.75, 3.05) is 26.2 Å². The smallest absolute Gasteiger partial charge is 0.305 e. The average molecular weight is 815 g/mol. The van der Waals surface area contributed by atoms with Gasteiger partial charge in [-0.3, -0.25) is 33.6 Å². The Morgan fingerprint density at radius 3 is 1.93 bits per heavy atom. The Balaban J connectivity index is 1.64. The summed E-state index contributed by atoms with van der Waals surface area (Å²) < 4.78 is 0. The van der Waals surface area contributed by atoms with Crippen LogP contribution in [-0.4, -0.2) is 114 Å². The lowest BCUT2D eigenvalue weighted by Crippen LogP contribution is -2.57. The monoisotopic (exact) mass is 814 g/mol. The van der Waals surface area contributed by atoms with Gasteiger partial charge in [-0.2, -0.15) is 0 Å². The zero-order valence-corrected chi connectivity index (χ0v) is 34.4. The summed E-state index contributed by atoms with van der Waals surface area (Å²) in [7, 11) is 0. The predicted molar refractivity (Wildman–Crippen MR) is 217 cm³/mol. The summed E-state index contributed by atoms with van der Waals surface area (Å²) in [6.07, 6.45) is 1.04. The summed E-state index contributed by atoms with van der Waals surface area (Å²) in [5.74, 6) is -4.95. The van der Waals surface area contributed by atoms with Crippen LogP contribution in [0.2, 0.25) is 0 Å². The highest BCUT2D eigenvalue weighted by Gasteiger charge is 2.35. The van der Waals surface area contributed by atoms with Gasteiger partial charge >= 0.3 is 11.9 Å². The van der Waals surface area contributed by atoms with Gasteiger partial charge in [0, 0.05) is 75.0 Å². The van der Waals surface area contributed by atoms with E-state index in [-0.39, 0.29) is 86.1 Å². The first kappa shape index (κ1) is 47.8. The molecule has 0 saturated carbocycles. The van der Waals surface area contributed by atoms with E-state index >= 15 is 0 Å². The number of carbonyl (C=O) groups is 7. The van der Waals surface area contributed by atoms with Crippen molar-refractivity contribution in [2.24, 2.45) is 29.4 Å². The summed E-state index contributed by atoms with van der Waals surface area (Å²) in [6, 6.07) is 5.92. The van der Waals surface area contributed by atoms with Crippen molar-refractivity contribution in [3.8, 4) is 0 Å². The zero-order chi connectivity index (χ0) is 42.8. The second-order valence-electron chi connectivity index (χ2n) is 16.6. The number of benzene rings is 1. The van der Waals surface area contributed by atoms with Gasteiger partial charge in [0.05, 0.1) is 18.3 Å². The van der Waals surface area contributed by atoms with Crippen LogP contribution < -0.4 is 43.0 Å². The van der Waals surface area contributed by atoms with Crippen molar-refractivity contribution in [1.82, 2.24) is 37.2 Å². The molecule has 2 saturated heterocycles. The number of hydrogen-bond donors (Lipinski definition) is 10. The van der Waals surface area contributed by atoms with Gasteiger partial charge in [0.25, 0.3) is 0 Å². The van der Waals surface area contributed by atoms with Crippen molar-refractivity contribution in [1.29, 1.82) is 0 Å². The number of amides is 5. The molecule has 1 aromatic rings. The average Bonchev–Trinajstić information content (AvgIpc) is 3.13. The van der Waals surface area contributed by atoms with Crippen LogP contribution in [-0.2, 0) is 40.0 Å². The number of hydrogen-bond acceptors (Lipinski definition) is 10. The second kappa shape index (κ2) is 24.3. The van der Waals surface area contributed by atoms with Gasteiger partial charge in [-0.05, 0) is 62.6 Å². The molecule has 0 aromatic heterocycles. The molecule has 17 nitrogen and oxygen atoms in total. The normalized spacial score (nSPS) is 21.5. The molecular weight excluding hydrogens is 748 g/mol. The first-order chi connectivity index (χ1) is 27.5. The van der Waals surface area contributed by atoms with E-state index < -0.39 is 60.4 Å². The topological polar surface area (TPSA) is 270 Å². The van der Waals surface area contributed by atoms with E-state index in [1.807, 2.05) is 58.0 Å². The van der Waals surface area contributed by atoms with Crippen molar-refractivity contribution in [2.45, 2.75) is 128 Å². The van der Waals surface area contributed by atoms with Gasteiger partial charge in [-0.25, -0.2) is 0 Å². The molecule has 5 amide bonds. The highest BCUT2D eigenvalue weighted by atomic mass is 16.4. The molecule has 3 rings (SSSR count). The lowest BCUT2D eigenvalue weighted by Gasteiger charge is -2.34. The van der Waals surface area contributed by atoms with Gasteiger partial charge < -0.3 is 53.2 Å². The Bertz CT molecular complexity index is 1530. The molecule has 2 fully saturated rings. The maximum Gasteiger partial charge on any atom is 0.305 e. The molecular formula is C41H66N8O9. The van der Waals surface area contributed by atoms with Crippen LogP contribution in [0.15, 0.2) is 30.3 Å². The van der Waals surface area contributed by atoms with Crippen LogP contribution in [0.4, 0.5) is 0 Å². The van der Waals surface area contributed by atoms with Crippen molar-refractivity contribution in [3.63, 3.8) is 0 Å². The highest BCUT2D eigenvalue weighted by Crippen LogP contribution is 2.17. The number of carbonyl (C=O) groups excluding carboxylic acids is 5. The molecule has 324 valence electrons. The van der Waals surface area contributed by atoms with E-state index in [0.29, 0.717) is 38.8 Å². The fourth-order valence-corrected chi connectivity index (χ4v) is 7.58. The molecule has 2 aliphatic rings. The van der Waals surface area contributed by atoms with E-state index in [1.54, 1.807) is 0 Å². The van der Waals surface area contributed by atoms with Crippen molar-refractivity contribution < 1.29 is 43.8 Å². The maximum atomic E-state index is 13.9. The standard InChI is InChI=1S/C41H66N8O9/c1-24(2)16-28(46-40(57)30-22-43-14-12-32(30)42)18-36(51)49-34(25(3)4)21-37(52)48-33-13-15-44-23-31(33)41(58)47-29(17-26-8-6-5-7-9-26)19-35(50)45-27(20-39(55)56)10-11-38(53)54/h5-9,24-25,27-34,43-44H,10-23,42H2,1-4H3,(H,45,50)(H,46,57)(H,47,58)(H,48,52)(H,49,51)(H,53,54)(H,55,56)/t27-,28-,29-,30+,31+,32+,33+,34+/m0/s1. The van der Waals surface area contributed by atoms with Crippen LogP contribution in [0.25, 0.3) is 0 Å². The van der Waals surface area contributed by atoms with E-state index in [1.165, 1.54) is 0 Å². The molecule has 17 heteroatoms. The Labute approximate surface area is 341 Å². The first-order valence-electron chi connectivity index (χ1n) is 20.6. The minimum absolute atomic E-state index is 0.0261. The molecule has 58 heavy (non-hydrogen) atoms. The number of carboxylic acid groups (broad SMARTS) is 2. The van der Waals surface area contributed by atoms with Crippen LogP contribution >= 0.6 is 0 Å². The fourth-order valence-electron chi connectivity index (χ4n) is 7.58. The Morgan fingerprint density at radius 2 is 1.31 bits per heavy atom. The molecule has 0 spiro atoms. The SMILES string of the molecule is CC(C)C[C@@H](CC(=O)N[C@H](CC(=O)N[C@@H]1CCNC[C@H]1C(=O)N[C@H](CC(=O)N[C@@H](CCC(=O)O)CC(=O)O)Cc1ccccc1)C(C)C)NC(=O)[C@@H]1CNCC[C@H]1N. The molecule has 8 atom stereocenters. The molecule has 0 radical (unpaired) electrons. The Morgan fingerprint density at radius 1 is 0.707 bits per heavy atom. The predicted octanol–water partition coefficient (Wildman–Crippen LogP) is 0.411. The quantitative estimate of drug-likeness (QED) is 0.0720. The van der Waals surface area contributed by atoms with Gasteiger partial charge in [0.1, 0.15) is 0 Å².